The lowest BCUT2D eigenvalue weighted by Gasteiger charge is -2.37. The summed E-state index contributed by atoms with van der Waals surface area (Å²) in [4.78, 5) is 12.5. The van der Waals surface area contributed by atoms with Gasteiger partial charge < -0.3 is 25.3 Å². The van der Waals surface area contributed by atoms with Gasteiger partial charge in [-0.3, -0.25) is 4.79 Å². The SMILES string of the molecule is CC1(N)CCCCC1C(=O)NCc1cc2c(cc1OC(F)F)OCO2.Cl. The van der Waals surface area contributed by atoms with Crippen LogP contribution < -0.4 is 25.3 Å². The molecule has 1 aliphatic heterocycles. The van der Waals surface area contributed by atoms with Crippen LogP contribution in [-0.4, -0.2) is 24.9 Å². The Morgan fingerprint density at radius 3 is 2.73 bits per heavy atom. The molecule has 0 spiro atoms. The summed E-state index contributed by atoms with van der Waals surface area (Å²) in [5.41, 5.74) is 6.08. The number of fused-ring (bicyclic) bond motifs is 1. The molecule has 1 heterocycles. The standard InChI is InChI=1S/C17H22F2N2O4.ClH/c1-17(20)5-3-2-4-11(17)15(22)21-8-10-6-13-14(24-9-23-13)7-12(10)25-16(18)19;/h6-7,11,16H,2-5,8-9,20H2,1H3,(H,21,22);1H. The maximum absolute atomic E-state index is 12.6. The molecule has 0 radical (unpaired) electrons. The van der Waals surface area contributed by atoms with E-state index < -0.39 is 12.2 Å². The number of carbonyl (C=O) groups is 1. The van der Waals surface area contributed by atoms with Gasteiger partial charge in [-0.1, -0.05) is 12.8 Å². The van der Waals surface area contributed by atoms with Gasteiger partial charge in [0, 0.05) is 23.7 Å². The lowest BCUT2D eigenvalue weighted by atomic mass is 9.74. The van der Waals surface area contributed by atoms with Crippen molar-refractivity contribution in [1.82, 2.24) is 5.32 Å². The summed E-state index contributed by atoms with van der Waals surface area (Å²) in [7, 11) is 0. The van der Waals surface area contributed by atoms with E-state index in [1.165, 1.54) is 6.07 Å². The van der Waals surface area contributed by atoms with E-state index in [9.17, 15) is 13.6 Å². The Morgan fingerprint density at radius 1 is 1.38 bits per heavy atom. The van der Waals surface area contributed by atoms with Crippen LogP contribution in [0.1, 0.15) is 38.2 Å². The summed E-state index contributed by atoms with van der Waals surface area (Å²) < 4.78 is 40.3. The van der Waals surface area contributed by atoms with Gasteiger partial charge in [-0.15, -0.1) is 12.4 Å². The average molecular weight is 393 g/mol. The summed E-state index contributed by atoms with van der Waals surface area (Å²) >= 11 is 0. The van der Waals surface area contributed by atoms with Crippen molar-refractivity contribution < 1.29 is 27.8 Å². The van der Waals surface area contributed by atoms with Crippen LogP contribution in [0.15, 0.2) is 12.1 Å². The number of ether oxygens (including phenoxy) is 3. The third-order valence-corrected chi connectivity index (χ3v) is 4.80. The largest absolute Gasteiger partial charge is 0.454 e. The smallest absolute Gasteiger partial charge is 0.387 e. The van der Waals surface area contributed by atoms with Crippen LogP contribution in [0.25, 0.3) is 0 Å². The summed E-state index contributed by atoms with van der Waals surface area (Å²) in [6, 6.07) is 2.90. The quantitative estimate of drug-likeness (QED) is 0.805. The predicted octanol–water partition coefficient (Wildman–Crippen LogP) is 2.96. The van der Waals surface area contributed by atoms with Gasteiger partial charge in [-0.05, 0) is 25.8 Å². The highest BCUT2D eigenvalue weighted by Gasteiger charge is 2.37. The molecule has 2 atom stereocenters. The fourth-order valence-electron chi connectivity index (χ4n) is 3.40. The van der Waals surface area contributed by atoms with Crippen molar-refractivity contribution in [2.75, 3.05) is 6.79 Å². The topological polar surface area (TPSA) is 82.8 Å². The number of alkyl halides is 2. The first-order chi connectivity index (χ1) is 11.9. The molecular weight excluding hydrogens is 370 g/mol. The molecule has 1 fully saturated rings. The highest BCUT2D eigenvalue weighted by molar-refractivity contribution is 5.85. The summed E-state index contributed by atoms with van der Waals surface area (Å²) in [5.74, 6) is 0.263. The molecule has 2 unspecified atom stereocenters. The van der Waals surface area contributed by atoms with Crippen molar-refractivity contribution in [2.24, 2.45) is 11.7 Å². The summed E-state index contributed by atoms with van der Waals surface area (Å²) in [6.07, 6.45) is 3.47. The van der Waals surface area contributed by atoms with Crippen molar-refractivity contribution in [2.45, 2.75) is 51.3 Å². The van der Waals surface area contributed by atoms with E-state index in [1.807, 2.05) is 6.92 Å². The van der Waals surface area contributed by atoms with Gasteiger partial charge in [0.05, 0.1) is 5.92 Å². The number of halogens is 3. The van der Waals surface area contributed by atoms with Crippen molar-refractivity contribution >= 4 is 18.3 Å². The van der Waals surface area contributed by atoms with E-state index in [-0.39, 0.29) is 43.3 Å². The third kappa shape index (κ3) is 4.48. The van der Waals surface area contributed by atoms with Gasteiger partial charge in [0.1, 0.15) is 5.75 Å². The minimum Gasteiger partial charge on any atom is -0.454 e. The minimum atomic E-state index is -2.97. The maximum Gasteiger partial charge on any atom is 0.387 e. The van der Waals surface area contributed by atoms with E-state index in [4.69, 9.17) is 15.2 Å². The molecule has 1 aromatic rings. The molecule has 9 heteroatoms. The molecular formula is C17H23ClF2N2O4. The number of amides is 1. The second-order valence-electron chi connectivity index (χ2n) is 6.71. The zero-order chi connectivity index (χ0) is 18.0. The average Bonchev–Trinajstić information content (AvgIpc) is 2.98. The minimum absolute atomic E-state index is 0. The van der Waals surface area contributed by atoms with Crippen LogP contribution in [0.3, 0.4) is 0 Å². The normalized spacial score (nSPS) is 24.1. The van der Waals surface area contributed by atoms with Crippen LogP contribution in [-0.2, 0) is 11.3 Å². The monoisotopic (exact) mass is 392 g/mol. The Kier molecular flexibility index (Phi) is 6.52. The number of nitrogens with one attached hydrogen (secondary N) is 1. The molecule has 26 heavy (non-hydrogen) atoms. The molecule has 3 N–H and O–H groups in total. The first-order valence-electron chi connectivity index (χ1n) is 8.31. The Morgan fingerprint density at radius 2 is 2.08 bits per heavy atom. The molecule has 1 aromatic carbocycles. The lowest BCUT2D eigenvalue weighted by molar-refractivity contribution is -0.128. The second kappa shape index (κ2) is 8.26. The molecule has 1 saturated carbocycles. The number of benzene rings is 1. The van der Waals surface area contributed by atoms with E-state index in [2.05, 4.69) is 10.1 Å². The Hall–Kier alpha value is -1.80. The molecule has 1 aliphatic carbocycles. The van der Waals surface area contributed by atoms with E-state index in [0.717, 1.165) is 25.7 Å². The van der Waals surface area contributed by atoms with Gasteiger partial charge in [-0.25, -0.2) is 0 Å². The van der Waals surface area contributed by atoms with Gasteiger partial charge in [0.15, 0.2) is 11.5 Å². The molecule has 0 aromatic heterocycles. The first-order valence-corrected chi connectivity index (χ1v) is 8.31. The van der Waals surface area contributed by atoms with Crippen molar-refractivity contribution in [3.8, 4) is 17.2 Å². The summed E-state index contributed by atoms with van der Waals surface area (Å²) in [5, 5.41) is 2.79. The third-order valence-electron chi connectivity index (χ3n) is 4.80. The van der Waals surface area contributed by atoms with Crippen molar-refractivity contribution in [1.29, 1.82) is 0 Å². The van der Waals surface area contributed by atoms with Crippen LogP contribution in [0.2, 0.25) is 0 Å². The number of carbonyl (C=O) groups excluding carboxylic acids is 1. The number of nitrogens with two attached hydrogens (primary N) is 1. The Balaban J connectivity index is 0.00000243. The fourth-order valence-corrected chi connectivity index (χ4v) is 3.40. The molecule has 6 nitrogen and oxygen atoms in total. The van der Waals surface area contributed by atoms with Crippen LogP contribution >= 0.6 is 12.4 Å². The van der Waals surface area contributed by atoms with Gasteiger partial charge >= 0.3 is 6.61 Å². The van der Waals surface area contributed by atoms with Crippen molar-refractivity contribution in [3.05, 3.63) is 17.7 Å². The van der Waals surface area contributed by atoms with Gasteiger partial charge in [0.2, 0.25) is 12.7 Å². The second-order valence-corrected chi connectivity index (χ2v) is 6.71. The maximum atomic E-state index is 12.6. The molecule has 0 saturated heterocycles. The Labute approximate surface area is 156 Å². The molecule has 2 aliphatic rings. The molecule has 3 rings (SSSR count). The predicted molar refractivity (Wildman–Crippen MR) is 92.8 cm³/mol. The van der Waals surface area contributed by atoms with Crippen LogP contribution in [0.4, 0.5) is 8.78 Å². The zero-order valence-corrected chi connectivity index (χ0v) is 15.2. The molecule has 146 valence electrons. The van der Waals surface area contributed by atoms with Crippen LogP contribution in [0, 0.1) is 5.92 Å². The van der Waals surface area contributed by atoms with Gasteiger partial charge in [0.25, 0.3) is 0 Å². The number of hydrogen-bond acceptors (Lipinski definition) is 5. The molecule has 1 amide bonds. The summed E-state index contributed by atoms with van der Waals surface area (Å²) in [6.45, 7) is -1.03. The van der Waals surface area contributed by atoms with E-state index in [1.54, 1.807) is 6.07 Å². The van der Waals surface area contributed by atoms with Gasteiger partial charge in [-0.2, -0.15) is 8.78 Å². The zero-order valence-electron chi connectivity index (χ0n) is 14.4. The number of rotatable bonds is 5. The fraction of sp³-hybridized carbons (Fsp3) is 0.588. The molecule has 0 bridgehead atoms. The highest BCUT2D eigenvalue weighted by atomic mass is 35.5. The van der Waals surface area contributed by atoms with E-state index >= 15 is 0 Å². The first kappa shape index (κ1) is 20.5. The van der Waals surface area contributed by atoms with E-state index in [0.29, 0.717) is 17.1 Å². The van der Waals surface area contributed by atoms with Crippen LogP contribution in [0.5, 0.6) is 17.2 Å². The highest BCUT2D eigenvalue weighted by Crippen LogP contribution is 2.39. The number of hydrogen-bond donors (Lipinski definition) is 2. The van der Waals surface area contributed by atoms with Crippen molar-refractivity contribution in [3.63, 3.8) is 0 Å². The lowest BCUT2D eigenvalue weighted by Crippen LogP contribution is -2.52. The Bertz CT molecular complexity index is 658.